The molecule has 19 heavy (non-hydrogen) atoms. The number of hydrogen-bond donors (Lipinski definition) is 1. The van der Waals surface area contributed by atoms with Gasteiger partial charge in [-0.2, -0.15) is 0 Å². The third-order valence-corrected chi connectivity index (χ3v) is 3.29. The molecule has 106 valence electrons. The molecule has 0 radical (unpaired) electrons. The maximum absolute atomic E-state index is 13.7. The van der Waals surface area contributed by atoms with Gasteiger partial charge in [0.2, 0.25) is 0 Å². The van der Waals surface area contributed by atoms with Crippen molar-refractivity contribution in [3.05, 3.63) is 34.6 Å². The van der Waals surface area contributed by atoms with Crippen LogP contribution in [-0.2, 0) is 11.3 Å². The molecule has 1 aromatic carbocycles. The lowest BCUT2D eigenvalue weighted by atomic mass is 10.2. The quantitative estimate of drug-likeness (QED) is 0.749. The van der Waals surface area contributed by atoms with Gasteiger partial charge in [-0.1, -0.05) is 29.9 Å². The normalized spacial score (nSPS) is 10.9. The van der Waals surface area contributed by atoms with Crippen LogP contribution in [0.4, 0.5) is 4.39 Å². The van der Waals surface area contributed by atoms with E-state index in [0.717, 1.165) is 0 Å². The van der Waals surface area contributed by atoms with E-state index in [-0.39, 0.29) is 5.82 Å². The van der Waals surface area contributed by atoms with Gasteiger partial charge in [-0.25, -0.2) is 4.39 Å². The smallest absolute Gasteiger partial charge is 0.129 e. The van der Waals surface area contributed by atoms with Crippen LogP contribution in [0, 0.1) is 5.82 Å². The average molecular weight is 305 g/mol. The highest BCUT2D eigenvalue weighted by atomic mass is 35.5. The minimum atomic E-state index is -0.301. The first-order chi connectivity index (χ1) is 9.04. The average Bonchev–Trinajstić information content (AvgIpc) is 2.36. The molecule has 0 aliphatic carbocycles. The summed E-state index contributed by atoms with van der Waals surface area (Å²) in [6.45, 7) is 2.30. The van der Waals surface area contributed by atoms with Gasteiger partial charge in [-0.05, 0) is 12.1 Å². The Labute approximate surface area is 123 Å². The molecule has 0 unspecified atom stereocenters. The second-order valence-corrected chi connectivity index (χ2v) is 5.12. The van der Waals surface area contributed by atoms with Crippen molar-refractivity contribution in [3.63, 3.8) is 0 Å². The summed E-state index contributed by atoms with van der Waals surface area (Å²) in [6.07, 6.45) is 0.588. The maximum atomic E-state index is 13.7. The van der Waals surface area contributed by atoms with Crippen LogP contribution in [0.1, 0.15) is 12.0 Å². The zero-order valence-electron chi connectivity index (χ0n) is 10.9. The van der Waals surface area contributed by atoms with E-state index >= 15 is 0 Å². The Hall–Kier alpha value is -0.750. The standard InChI is InChI=1S/C13H18ClFN2OS/c1-18-8-7-17(6-5-13(16)19)9-10-11(14)3-2-4-12(10)15/h2-4H,5-9H2,1H3,(H2,16,19). The first-order valence-corrected chi connectivity index (χ1v) is 6.75. The number of benzene rings is 1. The number of nitrogens with two attached hydrogens (primary N) is 1. The van der Waals surface area contributed by atoms with Crippen LogP contribution in [0.15, 0.2) is 18.2 Å². The summed E-state index contributed by atoms with van der Waals surface area (Å²) in [4.78, 5) is 2.47. The molecule has 1 aromatic rings. The maximum Gasteiger partial charge on any atom is 0.129 e. The van der Waals surface area contributed by atoms with Crippen LogP contribution < -0.4 is 5.73 Å². The van der Waals surface area contributed by atoms with E-state index in [2.05, 4.69) is 0 Å². The first-order valence-electron chi connectivity index (χ1n) is 5.97. The molecule has 0 heterocycles. The summed E-state index contributed by atoms with van der Waals surface area (Å²) >= 11 is 10.9. The van der Waals surface area contributed by atoms with Gasteiger partial charge in [-0.15, -0.1) is 0 Å². The van der Waals surface area contributed by atoms with Gasteiger partial charge < -0.3 is 10.5 Å². The van der Waals surface area contributed by atoms with Gasteiger partial charge in [0, 0.05) is 43.8 Å². The van der Waals surface area contributed by atoms with Crippen molar-refractivity contribution in [3.8, 4) is 0 Å². The largest absolute Gasteiger partial charge is 0.393 e. The highest BCUT2D eigenvalue weighted by Crippen LogP contribution is 2.20. The topological polar surface area (TPSA) is 38.5 Å². The third-order valence-electron chi connectivity index (χ3n) is 2.73. The Morgan fingerprint density at radius 1 is 1.47 bits per heavy atom. The molecule has 0 aromatic heterocycles. The summed E-state index contributed by atoms with van der Waals surface area (Å²) in [7, 11) is 1.63. The molecule has 0 saturated heterocycles. The number of halogens is 2. The fourth-order valence-corrected chi connectivity index (χ4v) is 1.98. The Balaban J connectivity index is 2.72. The highest BCUT2D eigenvalue weighted by Gasteiger charge is 2.12. The van der Waals surface area contributed by atoms with Gasteiger partial charge in [0.15, 0.2) is 0 Å². The highest BCUT2D eigenvalue weighted by molar-refractivity contribution is 7.80. The minimum absolute atomic E-state index is 0.301. The van der Waals surface area contributed by atoms with Crippen molar-refractivity contribution in [2.45, 2.75) is 13.0 Å². The van der Waals surface area contributed by atoms with Crippen molar-refractivity contribution in [2.75, 3.05) is 26.8 Å². The van der Waals surface area contributed by atoms with Crippen molar-refractivity contribution < 1.29 is 9.13 Å². The van der Waals surface area contributed by atoms with Crippen molar-refractivity contribution in [1.29, 1.82) is 0 Å². The van der Waals surface area contributed by atoms with E-state index < -0.39 is 0 Å². The third kappa shape index (κ3) is 5.82. The molecule has 0 fully saturated rings. The molecule has 0 bridgehead atoms. The molecule has 1 rings (SSSR count). The van der Waals surface area contributed by atoms with Gasteiger partial charge in [0.1, 0.15) is 5.82 Å². The van der Waals surface area contributed by atoms with Crippen molar-refractivity contribution in [1.82, 2.24) is 4.90 Å². The number of thiocarbonyl (C=S) groups is 1. The second kappa shape index (κ2) is 8.43. The van der Waals surface area contributed by atoms with Crippen LogP contribution in [0.5, 0.6) is 0 Å². The van der Waals surface area contributed by atoms with E-state index in [0.29, 0.717) is 48.2 Å². The van der Waals surface area contributed by atoms with E-state index in [9.17, 15) is 4.39 Å². The number of nitrogens with zero attached hydrogens (tertiary/aromatic N) is 1. The van der Waals surface area contributed by atoms with Gasteiger partial charge in [0.25, 0.3) is 0 Å². The van der Waals surface area contributed by atoms with Crippen LogP contribution in [0.2, 0.25) is 5.02 Å². The van der Waals surface area contributed by atoms with Crippen molar-refractivity contribution in [2.24, 2.45) is 5.73 Å². The monoisotopic (exact) mass is 304 g/mol. The fraction of sp³-hybridized carbons (Fsp3) is 0.462. The fourth-order valence-electron chi connectivity index (χ4n) is 1.67. The molecule has 0 saturated carbocycles. The summed E-state index contributed by atoms with van der Waals surface area (Å²) in [6, 6.07) is 4.68. The lowest BCUT2D eigenvalue weighted by molar-refractivity contribution is 0.145. The molecular formula is C13H18ClFN2OS. The molecule has 0 spiro atoms. The molecule has 0 aliphatic heterocycles. The number of methoxy groups -OCH3 is 1. The lowest BCUT2D eigenvalue weighted by Gasteiger charge is -2.22. The zero-order valence-corrected chi connectivity index (χ0v) is 12.4. The Morgan fingerprint density at radius 3 is 2.79 bits per heavy atom. The molecule has 0 amide bonds. The Morgan fingerprint density at radius 2 is 2.21 bits per heavy atom. The van der Waals surface area contributed by atoms with Crippen LogP contribution in [-0.4, -0.2) is 36.7 Å². The summed E-state index contributed by atoms with van der Waals surface area (Å²) in [5.41, 5.74) is 5.99. The molecule has 0 aliphatic rings. The van der Waals surface area contributed by atoms with Gasteiger partial charge in [-0.3, -0.25) is 4.90 Å². The number of rotatable bonds is 8. The SMILES string of the molecule is COCCN(CCC(N)=S)Cc1c(F)cccc1Cl. The van der Waals surface area contributed by atoms with E-state index in [1.54, 1.807) is 19.2 Å². The molecule has 6 heteroatoms. The summed E-state index contributed by atoms with van der Waals surface area (Å²) in [5, 5.41) is 0.428. The lowest BCUT2D eigenvalue weighted by Crippen LogP contribution is -2.30. The van der Waals surface area contributed by atoms with Crippen LogP contribution in [0.3, 0.4) is 0 Å². The second-order valence-electron chi connectivity index (χ2n) is 4.19. The van der Waals surface area contributed by atoms with Crippen molar-refractivity contribution >= 4 is 28.8 Å². The predicted molar refractivity (Wildman–Crippen MR) is 80.0 cm³/mol. The summed E-state index contributed by atoms with van der Waals surface area (Å²) in [5.74, 6) is -0.301. The minimum Gasteiger partial charge on any atom is -0.393 e. The summed E-state index contributed by atoms with van der Waals surface area (Å²) < 4.78 is 18.8. The number of ether oxygens (including phenoxy) is 1. The first kappa shape index (κ1) is 16.3. The Kier molecular flexibility index (Phi) is 7.23. The molecule has 3 nitrogen and oxygen atoms in total. The van der Waals surface area contributed by atoms with E-state index in [1.807, 2.05) is 4.90 Å². The zero-order chi connectivity index (χ0) is 14.3. The van der Waals surface area contributed by atoms with Gasteiger partial charge in [0.05, 0.1) is 11.6 Å². The van der Waals surface area contributed by atoms with E-state index in [4.69, 9.17) is 34.3 Å². The van der Waals surface area contributed by atoms with Crippen LogP contribution >= 0.6 is 23.8 Å². The molecular weight excluding hydrogens is 287 g/mol. The van der Waals surface area contributed by atoms with Crippen LogP contribution in [0.25, 0.3) is 0 Å². The van der Waals surface area contributed by atoms with Gasteiger partial charge >= 0.3 is 0 Å². The molecule has 0 atom stereocenters. The van der Waals surface area contributed by atoms with E-state index in [1.165, 1.54) is 6.07 Å². The Bertz CT molecular complexity index is 411. The number of hydrogen-bond acceptors (Lipinski definition) is 3. The molecule has 2 N–H and O–H groups in total. The predicted octanol–water partition coefficient (Wildman–Crippen LogP) is 2.60.